The molecule has 0 saturated heterocycles. The van der Waals surface area contributed by atoms with Gasteiger partial charge >= 0.3 is 0 Å². The summed E-state index contributed by atoms with van der Waals surface area (Å²) in [5.41, 5.74) is 11.7. The molecule has 0 radical (unpaired) electrons. The number of rotatable bonds is 5. The summed E-state index contributed by atoms with van der Waals surface area (Å²) >= 11 is 0. The molecule has 3 nitrogen and oxygen atoms in total. The van der Waals surface area contributed by atoms with Gasteiger partial charge in [-0.25, -0.2) is 0 Å². The van der Waals surface area contributed by atoms with Crippen LogP contribution in [-0.2, 0) is 4.43 Å². The van der Waals surface area contributed by atoms with Gasteiger partial charge in [-0.05, 0) is 12.5 Å². The molecule has 4 N–H and O–H groups in total. The molecule has 0 aromatic rings. The first-order valence-electron chi connectivity index (χ1n) is 4.15. The smallest absolute Gasteiger partial charge is 0.193 e. The molecule has 0 aliphatic carbocycles. The van der Waals surface area contributed by atoms with Crippen LogP contribution in [0.5, 0.6) is 0 Å². The third-order valence-corrected chi connectivity index (χ3v) is 4.80. The molecule has 0 spiro atoms. The summed E-state index contributed by atoms with van der Waals surface area (Å²) in [6.45, 7) is 4.09. The third kappa shape index (κ3) is 4.52. The van der Waals surface area contributed by atoms with E-state index >= 15 is 0 Å². The zero-order valence-electron chi connectivity index (χ0n) is 7.71. The summed E-state index contributed by atoms with van der Waals surface area (Å²) in [5.74, 6) is 0. The van der Waals surface area contributed by atoms with Gasteiger partial charge in [0.15, 0.2) is 9.04 Å². The Kier molecular flexibility index (Phi) is 5.76. The van der Waals surface area contributed by atoms with Crippen LogP contribution in [0.4, 0.5) is 0 Å². The zero-order valence-corrected chi connectivity index (χ0v) is 8.86. The highest BCUT2D eigenvalue weighted by molar-refractivity contribution is 6.53. The van der Waals surface area contributed by atoms with Crippen LogP contribution in [0.15, 0.2) is 0 Å². The van der Waals surface area contributed by atoms with Crippen LogP contribution in [0.25, 0.3) is 0 Å². The van der Waals surface area contributed by atoms with Crippen molar-refractivity contribution in [3.05, 3.63) is 0 Å². The van der Waals surface area contributed by atoms with Crippen LogP contribution in [0.2, 0.25) is 6.04 Å². The summed E-state index contributed by atoms with van der Waals surface area (Å²) in [4.78, 5) is 0. The topological polar surface area (TPSA) is 61.3 Å². The van der Waals surface area contributed by atoms with Crippen molar-refractivity contribution in [2.24, 2.45) is 11.5 Å². The highest BCUT2D eigenvalue weighted by Gasteiger charge is 2.18. The van der Waals surface area contributed by atoms with Crippen molar-refractivity contribution in [2.75, 3.05) is 7.11 Å². The van der Waals surface area contributed by atoms with Crippen LogP contribution in [0.1, 0.15) is 20.3 Å². The van der Waals surface area contributed by atoms with Gasteiger partial charge in [0.25, 0.3) is 0 Å². The van der Waals surface area contributed by atoms with Crippen LogP contribution >= 0.6 is 0 Å². The van der Waals surface area contributed by atoms with Crippen LogP contribution in [0.3, 0.4) is 0 Å². The van der Waals surface area contributed by atoms with Gasteiger partial charge in [-0.1, -0.05) is 13.8 Å². The molecule has 11 heavy (non-hydrogen) atoms. The Morgan fingerprint density at radius 3 is 2.27 bits per heavy atom. The maximum absolute atomic E-state index is 5.79. The normalized spacial score (nSPS) is 19.4. The minimum Gasteiger partial charge on any atom is -0.422 e. The van der Waals surface area contributed by atoms with Crippen LogP contribution in [0, 0.1) is 0 Å². The molecule has 0 bridgehead atoms. The first-order valence-corrected chi connectivity index (χ1v) is 6.11. The first-order chi connectivity index (χ1) is 5.11. The van der Waals surface area contributed by atoms with Gasteiger partial charge in [-0.3, -0.25) is 0 Å². The molecule has 0 saturated carbocycles. The lowest BCUT2D eigenvalue weighted by Gasteiger charge is -2.19. The molecule has 68 valence electrons. The molecule has 0 aromatic carbocycles. The van der Waals surface area contributed by atoms with Crippen molar-refractivity contribution in [1.29, 1.82) is 0 Å². The Morgan fingerprint density at radius 2 is 2.00 bits per heavy atom. The van der Waals surface area contributed by atoms with E-state index in [1.165, 1.54) is 0 Å². The Morgan fingerprint density at radius 1 is 1.45 bits per heavy atom. The second-order valence-electron chi connectivity index (χ2n) is 3.04. The summed E-state index contributed by atoms with van der Waals surface area (Å²) in [6.07, 6.45) is 1.01. The van der Waals surface area contributed by atoms with E-state index in [4.69, 9.17) is 15.9 Å². The maximum atomic E-state index is 5.79. The maximum Gasteiger partial charge on any atom is 0.193 e. The lowest BCUT2D eigenvalue weighted by molar-refractivity contribution is 0.403. The monoisotopic (exact) mass is 176 g/mol. The van der Waals surface area contributed by atoms with E-state index in [1.54, 1.807) is 7.11 Å². The number of hydrogen-bond acceptors (Lipinski definition) is 3. The van der Waals surface area contributed by atoms with Crippen molar-refractivity contribution in [2.45, 2.75) is 38.0 Å². The van der Waals surface area contributed by atoms with Gasteiger partial charge in [0.1, 0.15) is 0 Å². The van der Waals surface area contributed by atoms with E-state index in [2.05, 4.69) is 6.92 Å². The number of hydrogen-bond donors (Lipinski definition) is 2. The summed E-state index contributed by atoms with van der Waals surface area (Å²) in [6, 6.07) is 1.27. The fourth-order valence-corrected chi connectivity index (χ4v) is 2.97. The fraction of sp³-hybridized carbons (Fsp3) is 1.00. The van der Waals surface area contributed by atoms with Crippen molar-refractivity contribution in [3.63, 3.8) is 0 Å². The first kappa shape index (κ1) is 11.1. The van der Waals surface area contributed by atoms with Gasteiger partial charge < -0.3 is 15.9 Å². The average molecular weight is 176 g/mol. The Hall–Kier alpha value is 0.0969. The SMILES string of the molecule is CCC(N)C[SiH](OC)C(C)N. The molecule has 0 aliphatic rings. The van der Waals surface area contributed by atoms with Crippen LogP contribution < -0.4 is 11.5 Å². The van der Waals surface area contributed by atoms with Crippen molar-refractivity contribution in [1.82, 2.24) is 0 Å². The van der Waals surface area contributed by atoms with E-state index in [9.17, 15) is 0 Å². The van der Waals surface area contributed by atoms with E-state index < -0.39 is 9.04 Å². The second-order valence-corrected chi connectivity index (χ2v) is 6.11. The lowest BCUT2D eigenvalue weighted by Crippen LogP contribution is -2.41. The molecular formula is C7H20N2OSi. The fourth-order valence-electron chi connectivity index (χ4n) is 0.991. The van der Waals surface area contributed by atoms with E-state index in [1.807, 2.05) is 6.92 Å². The molecule has 3 unspecified atom stereocenters. The lowest BCUT2D eigenvalue weighted by atomic mass is 10.3. The van der Waals surface area contributed by atoms with Gasteiger partial charge in [-0.15, -0.1) is 0 Å². The van der Waals surface area contributed by atoms with E-state index in [-0.39, 0.29) is 11.7 Å². The molecule has 0 heterocycles. The number of nitrogens with two attached hydrogens (primary N) is 2. The molecule has 0 aromatic heterocycles. The van der Waals surface area contributed by atoms with Crippen LogP contribution in [-0.4, -0.2) is 27.9 Å². The molecule has 0 aliphatic heterocycles. The van der Waals surface area contributed by atoms with Gasteiger partial charge in [0.05, 0.1) is 0 Å². The highest BCUT2D eigenvalue weighted by Crippen LogP contribution is 2.03. The average Bonchev–Trinajstić information content (AvgIpc) is 1.99. The molecular weight excluding hydrogens is 156 g/mol. The molecule has 4 heteroatoms. The van der Waals surface area contributed by atoms with Crippen molar-refractivity contribution < 1.29 is 4.43 Å². The quantitative estimate of drug-likeness (QED) is 0.579. The standard InChI is InChI=1S/C7H20N2OSi/c1-4-7(9)5-11(10-3)6(2)8/h6-7,11H,4-5,8-9H2,1-3H3. The molecule has 0 amide bonds. The third-order valence-electron chi connectivity index (χ3n) is 1.95. The van der Waals surface area contributed by atoms with Crippen molar-refractivity contribution in [3.8, 4) is 0 Å². The summed E-state index contributed by atoms with van der Waals surface area (Å²) in [5, 5.41) is 0. The predicted molar refractivity (Wildman–Crippen MR) is 50.9 cm³/mol. The zero-order chi connectivity index (χ0) is 8.85. The molecule has 0 fully saturated rings. The predicted octanol–water partition coefficient (Wildman–Crippen LogP) is -0.0197. The largest absolute Gasteiger partial charge is 0.422 e. The summed E-state index contributed by atoms with van der Waals surface area (Å²) < 4.78 is 5.32. The summed E-state index contributed by atoms with van der Waals surface area (Å²) in [7, 11) is 0.530. The van der Waals surface area contributed by atoms with Gasteiger partial charge in [0.2, 0.25) is 0 Å². The minimum atomic E-state index is -1.21. The Bertz CT molecular complexity index is 100. The molecule has 0 rings (SSSR count). The highest BCUT2D eigenvalue weighted by atomic mass is 28.3. The minimum absolute atomic E-state index is 0.206. The van der Waals surface area contributed by atoms with E-state index in [0.29, 0.717) is 0 Å². The van der Waals surface area contributed by atoms with Gasteiger partial charge in [0, 0.05) is 18.8 Å². The van der Waals surface area contributed by atoms with E-state index in [0.717, 1.165) is 12.5 Å². The molecule has 3 atom stereocenters. The Balaban J connectivity index is 3.68. The Labute approximate surface area is 70.8 Å². The van der Waals surface area contributed by atoms with Gasteiger partial charge in [-0.2, -0.15) is 0 Å². The second kappa shape index (κ2) is 5.71. The van der Waals surface area contributed by atoms with Crippen molar-refractivity contribution >= 4 is 9.04 Å².